The van der Waals surface area contributed by atoms with Crippen molar-refractivity contribution in [1.29, 1.82) is 0 Å². The number of amides is 2. The van der Waals surface area contributed by atoms with Crippen molar-refractivity contribution < 1.29 is 19.5 Å². The third kappa shape index (κ3) is 5.26. The van der Waals surface area contributed by atoms with Gasteiger partial charge >= 0.3 is 5.97 Å². The van der Waals surface area contributed by atoms with Crippen molar-refractivity contribution in [1.82, 2.24) is 4.98 Å². The van der Waals surface area contributed by atoms with Crippen LogP contribution in [0.3, 0.4) is 0 Å². The van der Waals surface area contributed by atoms with E-state index in [4.69, 9.17) is 14.7 Å². The minimum Gasteiger partial charge on any atom is -0.478 e. The number of benzene rings is 1. The summed E-state index contributed by atoms with van der Waals surface area (Å²) in [7, 11) is 0. The summed E-state index contributed by atoms with van der Waals surface area (Å²) in [5.41, 5.74) is 9.12. The first-order valence-electron chi connectivity index (χ1n) is 5.00. The summed E-state index contributed by atoms with van der Waals surface area (Å²) in [5, 5.41) is 9.69. The molecule has 2 amide bonds. The summed E-state index contributed by atoms with van der Waals surface area (Å²) in [6.07, 6.45) is 2.09. The fourth-order valence-electron chi connectivity index (χ4n) is 1.28. The van der Waals surface area contributed by atoms with Gasteiger partial charge in [0.05, 0.1) is 11.1 Å². The van der Waals surface area contributed by atoms with Crippen molar-refractivity contribution in [2.45, 2.75) is 0 Å². The van der Waals surface area contributed by atoms with E-state index >= 15 is 0 Å². The average Bonchev–Trinajstić information content (AvgIpc) is 2.40. The van der Waals surface area contributed by atoms with Gasteiger partial charge in [-0.05, 0) is 12.1 Å². The van der Waals surface area contributed by atoms with Crippen LogP contribution < -0.4 is 11.5 Å². The van der Waals surface area contributed by atoms with Crippen LogP contribution in [0.25, 0.3) is 10.9 Å². The quantitative estimate of drug-likeness (QED) is 0.628. The maximum atomic E-state index is 10.8. The van der Waals surface area contributed by atoms with Crippen LogP contribution in [0.4, 0.5) is 0 Å². The van der Waals surface area contributed by atoms with Crippen molar-refractivity contribution in [3.63, 3.8) is 0 Å². The largest absolute Gasteiger partial charge is 0.478 e. The molecule has 0 radical (unpaired) electrons. The van der Waals surface area contributed by atoms with Crippen molar-refractivity contribution in [3.05, 3.63) is 42.1 Å². The standard InChI is InChI=1S/C10H7NO2.2CH3NO/c12-10(13)8-5-1-3-7-4-2-6-11-9(7)8;2*2-1-3/h1-6H,(H,12,13);2*1H,(H2,2,3). The molecule has 0 bridgehead atoms. The van der Waals surface area contributed by atoms with Crippen LogP contribution in [0.5, 0.6) is 0 Å². The van der Waals surface area contributed by atoms with E-state index < -0.39 is 5.97 Å². The molecule has 2 aromatic rings. The van der Waals surface area contributed by atoms with Crippen LogP contribution in [0.2, 0.25) is 0 Å². The molecule has 0 unspecified atom stereocenters. The lowest BCUT2D eigenvalue weighted by atomic mass is 10.1. The minimum atomic E-state index is -0.940. The molecular formula is C12H13N3O4. The van der Waals surface area contributed by atoms with Crippen LogP contribution in [0.1, 0.15) is 10.4 Å². The number of hydrogen-bond donors (Lipinski definition) is 3. The molecule has 0 spiro atoms. The number of carbonyl (C=O) groups is 3. The van der Waals surface area contributed by atoms with E-state index in [1.807, 2.05) is 12.1 Å². The molecule has 0 fully saturated rings. The number of aromatic carboxylic acids is 1. The van der Waals surface area contributed by atoms with Gasteiger partial charge in [0.1, 0.15) is 0 Å². The minimum absolute atomic E-state index is 0.248. The molecule has 0 saturated heterocycles. The summed E-state index contributed by atoms with van der Waals surface area (Å²) in [6.45, 7) is 0. The van der Waals surface area contributed by atoms with Gasteiger partial charge in [-0.1, -0.05) is 18.2 Å². The second-order valence-electron chi connectivity index (χ2n) is 2.96. The van der Waals surface area contributed by atoms with Gasteiger partial charge in [0.2, 0.25) is 12.8 Å². The Bertz CT molecular complexity index is 546. The van der Waals surface area contributed by atoms with Gasteiger partial charge in [0.15, 0.2) is 0 Å². The van der Waals surface area contributed by atoms with Crippen LogP contribution in [-0.4, -0.2) is 28.9 Å². The first-order chi connectivity index (χ1) is 9.12. The second-order valence-corrected chi connectivity index (χ2v) is 2.96. The van der Waals surface area contributed by atoms with Crippen molar-refractivity contribution in [2.24, 2.45) is 11.5 Å². The van der Waals surface area contributed by atoms with E-state index in [0.717, 1.165) is 5.39 Å². The fraction of sp³-hybridized carbons (Fsp3) is 0. The molecule has 0 atom stereocenters. The number of nitrogens with zero attached hydrogens (tertiary/aromatic N) is 1. The van der Waals surface area contributed by atoms with Gasteiger partial charge < -0.3 is 16.6 Å². The number of carbonyl (C=O) groups excluding carboxylic acids is 2. The monoisotopic (exact) mass is 263 g/mol. The first kappa shape index (κ1) is 16.0. The number of rotatable bonds is 1. The summed E-state index contributed by atoms with van der Waals surface area (Å²) in [5.74, 6) is -0.940. The summed E-state index contributed by atoms with van der Waals surface area (Å²) in [6, 6.07) is 8.74. The molecular weight excluding hydrogens is 250 g/mol. The van der Waals surface area contributed by atoms with E-state index in [-0.39, 0.29) is 18.4 Å². The second kappa shape index (κ2) is 9.11. The normalized spacial score (nSPS) is 8.21. The highest BCUT2D eigenvalue weighted by Crippen LogP contribution is 2.15. The lowest BCUT2D eigenvalue weighted by Crippen LogP contribution is -1.97. The molecule has 2 rings (SSSR count). The highest BCUT2D eigenvalue weighted by Gasteiger charge is 2.07. The van der Waals surface area contributed by atoms with E-state index in [0.29, 0.717) is 5.52 Å². The molecule has 0 saturated carbocycles. The molecule has 7 heteroatoms. The predicted molar refractivity (Wildman–Crippen MR) is 69.2 cm³/mol. The lowest BCUT2D eigenvalue weighted by Gasteiger charge is -1.99. The van der Waals surface area contributed by atoms with Gasteiger partial charge in [0, 0.05) is 11.6 Å². The van der Waals surface area contributed by atoms with Crippen LogP contribution in [-0.2, 0) is 9.59 Å². The fourth-order valence-corrected chi connectivity index (χ4v) is 1.28. The van der Waals surface area contributed by atoms with Crippen LogP contribution >= 0.6 is 0 Å². The molecule has 0 aliphatic carbocycles. The number of para-hydroxylation sites is 1. The molecule has 1 aromatic heterocycles. The molecule has 0 aliphatic rings. The Labute approximate surface area is 108 Å². The van der Waals surface area contributed by atoms with E-state index in [1.165, 1.54) is 0 Å². The maximum Gasteiger partial charge on any atom is 0.337 e. The molecule has 1 heterocycles. The summed E-state index contributed by atoms with van der Waals surface area (Å²) < 4.78 is 0. The summed E-state index contributed by atoms with van der Waals surface area (Å²) in [4.78, 5) is 32.0. The van der Waals surface area contributed by atoms with Crippen LogP contribution in [0, 0.1) is 0 Å². The molecule has 19 heavy (non-hydrogen) atoms. The Morgan fingerprint density at radius 1 is 1.11 bits per heavy atom. The smallest absolute Gasteiger partial charge is 0.337 e. The Hall–Kier alpha value is -2.96. The van der Waals surface area contributed by atoms with Gasteiger partial charge in [-0.15, -0.1) is 0 Å². The van der Waals surface area contributed by atoms with Gasteiger partial charge in [-0.25, -0.2) is 4.79 Å². The number of nitrogens with two attached hydrogens (primary N) is 2. The predicted octanol–water partition coefficient (Wildman–Crippen LogP) is 0.136. The highest BCUT2D eigenvalue weighted by atomic mass is 16.4. The third-order valence-electron chi connectivity index (χ3n) is 1.86. The maximum absolute atomic E-state index is 10.8. The topological polar surface area (TPSA) is 136 Å². The van der Waals surface area contributed by atoms with E-state index in [2.05, 4.69) is 16.5 Å². The molecule has 5 N–H and O–H groups in total. The zero-order valence-electron chi connectivity index (χ0n) is 9.89. The number of pyridine rings is 1. The third-order valence-corrected chi connectivity index (χ3v) is 1.86. The Kier molecular flexibility index (Phi) is 7.69. The number of primary amides is 2. The van der Waals surface area contributed by atoms with Crippen molar-refractivity contribution in [3.8, 4) is 0 Å². The molecule has 100 valence electrons. The van der Waals surface area contributed by atoms with Crippen LogP contribution in [0.15, 0.2) is 36.5 Å². The van der Waals surface area contributed by atoms with Crippen molar-refractivity contribution >= 4 is 29.7 Å². The number of fused-ring (bicyclic) bond motifs is 1. The molecule has 0 aliphatic heterocycles. The number of carboxylic acid groups (broad SMARTS) is 1. The van der Waals surface area contributed by atoms with Gasteiger partial charge in [-0.2, -0.15) is 0 Å². The molecule has 7 nitrogen and oxygen atoms in total. The Morgan fingerprint density at radius 3 is 2.16 bits per heavy atom. The Morgan fingerprint density at radius 2 is 1.63 bits per heavy atom. The van der Waals surface area contributed by atoms with Crippen molar-refractivity contribution in [2.75, 3.05) is 0 Å². The van der Waals surface area contributed by atoms with Gasteiger partial charge in [-0.3, -0.25) is 14.6 Å². The zero-order valence-corrected chi connectivity index (χ0v) is 9.89. The highest BCUT2D eigenvalue weighted by molar-refractivity contribution is 6.01. The Balaban J connectivity index is 0.000000465. The zero-order chi connectivity index (χ0) is 14.7. The lowest BCUT2D eigenvalue weighted by molar-refractivity contribution is -0.107. The SMILES string of the molecule is NC=O.NC=O.O=C(O)c1cccc2cccnc12. The molecule has 1 aromatic carbocycles. The number of aromatic nitrogens is 1. The van der Waals surface area contributed by atoms with Gasteiger partial charge in [0.25, 0.3) is 0 Å². The summed E-state index contributed by atoms with van der Waals surface area (Å²) >= 11 is 0. The first-order valence-corrected chi connectivity index (χ1v) is 5.00. The van der Waals surface area contributed by atoms with E-state index in [1.54, 1.807) is 24.4 Å². The number of carboxylic acids is 1. The van der Waals surface area contributed by atoms with E-state index in [9.17, 15) is 4.79 Å². The number of hydrogen-bond acceptors (Lipinski definition) is 4. The average molecular weight is 263 g/mol.